The molecule has 216 valence electrons. The number of likely N-dealkylation sites (tertiary alicyclic amines) is 1. The quantitative estimate of drug-likeness (QED) is 0.396. The Balaban J connectivity index is 1.44. The smallest absolute Gasteiger partial charge is 0.410 e. The fraction of sp³-hybridized carbons (Fsp3) is 0.333. The number of aromatic nitrogens is 1. The standard InChI is InChI=1S/C30H34N4O7/c1-30(2,3)41-29(37)34-17-24(33-28(36)32-22-11-13-23(38-4)14-12-22)25(18-34)40-27(35)20-8-6-19(7-9-20)21-10-15-26(39-5)31-16-21/h6-16,24-25H,17-18H2,1-5H3,(H2,32,33,36)/t24-,25-/m0/s1. The minimum absolute atomic E-state index is 0.0593. The predicted octanol–water partition coefficient (Wildman–Crippen LogP) is 4.73. The number of benzene rings is 2. The maximum atomic E-state index is 13.1. The van der Waals surface area contributed by atoms with E-state index in [4.69, 9.17) is 18.9 Å². The van der Waals surface area contributed by atoms with Crippen LogP contribution in [0.25, 0.3) is 11.1 Å². The van der Waals surface area contributed by atoms with Gasteiger partial charge in [-0.15, -0.1) is 0 Å². The van der Waals surface area contributed by atoms with Crippen LogP contribution in [0.5, 0.6) is 11.6 Å². The first kappa shape index (κ1) is 29.2. The molecular formula is C30H34N4O7. The maximum absolute atomic E-state index is 13.1. The summed E-state index contributed by atoms with van der Waals surface area (Å²) in [6, 6.07) is 16.2. The van der Waals surface area contributed by atoms with E-state index in [1.54, 1.807) is 95.8 Å². The zero-order chi connectivity index (χ0) is 29.6. The number of carbonyl (C=O) groups is 3. The molecule has 0 radical (unpaired) electrons. The Labute approximate surface area is 238 Å². The summed E-state index contributed by atoms with van der Waals surface area (Å²) in [7, 11) is 3.10. The molecule has 2 heterocycles. The summed E-state index contributed by atoms with van der Waals surface area (Å²) in [5.41, 5.74) is 1.89. The highest BCUT2D eigenvalue weighted by Crippen LogP contribution is 2.23. The SMILES string of the molecule is COc1ccc(NC(=O)N[C@H]2CN(C(=O)OC(C)(C)C)C[C@@H]2OC(=O)c2ccc(-c3ccc(OC)nc3)cc2)cc1. The van der Waals surface area contributed by atoms with Crippen LogP contribution in [0.1, 0.15) is 31.1 Å². The number of pyridine rings is 1. The zero-order valence-corrected chi connectivity index (χ0v) is 23.7. The molecule has 1 fully saturated rings. The van der Waals surface area contributed by atoms with E-state index in [-0.39, 0.29) is 13.1 Å². The highest BCUT2D eigenvalue weighted by molar-refractivity contribution is 5.91. The Hall–Kier alpha value is -4.80. The van der Waals surface area contributed by atoms with Crippen LogP contribution in [0.2, 0.25) is 0 Å². The first-order chi connectivity index (χ1) is 19.5. The predicted molar refractivity (Wildman–Crippen MR) is 152 cm³/mol. The van der Waals surface area contributed by atoms with Gasteiger partial charge in [0, 0.05) is 30.1 Å². The van der Waals surface area contributed by atoms with Crippen molar-refractivity contribution in [3.63, 3.8) is 0 Å². The molecule has 3 aromatic rings. The van der Waals surface area contributed by atoms with E-state index in [0.29, 0.717) is 22.9 Å². The number of urea groups is 1. The molecule has 4 rings (SSSR count). The van der Waals surface area contributed by atoms with Gasteiger partial charge < -0.3 is 34.5 Å². The van der Waals surface area contributed by atoms with Crippen LogP contribution in [0.3, 0.4) is 0 Å². The summed E-state index contributed by atoms with van der Waals surface area (Å²) in [6.45, 7) is 5.46. The molecule has 2 N–H and O–H groups in total. The van der Waals surface area contributed by atoms with Crippen molar-refractivity contribution in [2.45, 2.75) is 38.5 Å². The molecule has 0 spiro atoms. The Morgan fingerprint density at radius 3 is 2.15 bits per heavy atom. The van der Waals surface area contributed by atoms with Crippen LogP contribution in [0.4, 0.5) is 15.3 Å². The van der Waals surface area contributed by atoms with E-state index in [1.165, 1.54) is 4.90 Å². The lowest BCUT2D eigenvalue weighted by atomic mass is 10.1. The average Bonchev–Trinajstić information content (AvgIpc) is 3.34. The molecule has 11 heteroatoms. The number of carbonyl (C=O) groups excluding carboxylic acids is 3. The Morgan fingerprint density at radius 2 is 1.56 bits per heavy atom. The molecule has 3 amide bonds. The van der Waals surface area contributed by atoms with Gasteiger partial charge in [-0.05, 0) is 68.8 Å². The summed E-state index contributed by atoms with van der Waals surface area (Å²) >= 11 is 0. The largest absolute Gasteiger partial charge is 0.497 e. The second-order valence-corrected chi connectivity index (χ2v) is 10.4. The highest BCUT2D eigenvalue weighted by atomic mass is 16.6. The van der Waals surface area contributed by atoms with Crippen molar-refractivity contribution in [2.75, 3.05) is 32.6 Å². The van der Waals surface area contributed by atoms with Crippen LogP contribution < -0.4 is 20.1 Å². The van der Waals surface area contributed by atoms with Gasteiger partial charge in [0.15, 0.2) is 0 Å². The molecule has 1 aliphatic heterocycles. The molecule has 2 aromatic carbocycles. The lowest BCUT2D eigenvalue weighted by molar-refractivity contribution is 0.0180. The van der Waals surface area contributed by atoms with Gasteiger partial charge in [-0.2, -0.15) is 0 Å². The number of nitrogens with zero attached hydrogens (tertiary/aromatic N) is 2. The summed E-state index contributed by atoms with van der Waals surface area (Å²) in [4.78, 5) is 44.3. The van der Waals surface area contributed by atoms with E-state index < -0.39 is 35.8 Å². The fourth-order valence-corrected chi connectivity index (χ4v) is 4.19. The van der Waals surface area contributed by atoms with Crippen molar-refractivity contribution in [1.29, 1.82) is 0 Å². The first-order valence-electron chi connectivity index (χ1n) is 13.1. The number of ether oxygens (including phenoxy) is 4. The third-order valence-electron chi connectivity index (χ3n) is 6.24. The molecule has 1 aromatic heterocycles. The normalized spacial score (nSPS) is 16.5. The van der Waals surface area contributed by atoms with Crippen molar-refractivity contribution in [3.05, 3.63) is 72.4 Å². The molecule has 2 atom stereocenters. The van der Waals surface area contributed by atoms with E-state index in [9.17, 15) is 14.4 Å². The third kappa shape index (κ3) is 7.87. The van der Waals surface area contributed by atoms with Gasteiger partial charge in [0.2, 0.25) is 5.88 Å². The minimum atomic E-state index is -0.804. The van der Waals surface area contributed by atoms with E-state index in [0.717, 1.165) is 11.1 Å². The Morgan fingerprint density at radius 1 is 0.878 bits per heavy atom. The molecule has 0 bridgehead atoms. The van der Waals surface area contributed by atoms with Gasteiger partial charge in [0.25, 0.3) is 0 Å². The third-order valence-corrected chi connectivity index (χ3v) is 6.24. The summed E-state index contributed by atoms with van der Waals surface area (Å²) in [5, 5.41) is 5.57. The van der Waals surface area contributed by atoms with E-state index in [2.05, 4.69) is 15.6 Å². The van der Waals surface area contributed by atoms with Crippen LogP contribution in [0, 0.1) is 0 Å². The fourth-order valence-electron chi connectivity index (χ4n) is 4.19. The van der Waals surface area contributed by atoms with Crippen LogP contribution >= 0.6 is 0 Å². The highest BCUT2D eigenvalue weighted by Gasteiger charge is 2.40. The van der Waals surface area contributed by atoms with Crippen molar-refractivity contribution in [3.8, 4) is 22.8 Å². The number of hydrogen-bond acceptors (Lipinski definition) is 8. The first-order valence-corrected chi connectivity index (χ1v) is 13.1. The minimum Gasteiger partial charge on any atom is -0.497 e. The molecule has 0 unspecified atom stereocenters. The number of nitrogens with one attached hydrogen (secondary N) is 2. The molecule has 11 nitrogen and oxygen atoms in total. The van der Waals surface area contributed by atoms with Gasteiger partial charge in [-0.25, -0.2) is 19.4 Å². The number of rotatable bonds is 7. The second-order valence-electron chi connectivity index (χ2n) is 10.4. The van der Waals surface area contributed by atoms with Crippen molar-refractivity contribution in [2.24, 2.45) is 0 Å². The number of anilines is 1. The molecule has 0 aliphatic carbocycles. The Bertz CT molecular complexity index is 1350. The molecule has 1 saturated heterocycles. The molecular weight excluding hydrogens is 528 g/mol. The monoisotopic (exact) mass is 562 g/mol. The van der Waals surface area contributed by atoms with Gasteiger partial charge in [0.05, 0.1) is 32.4 Å². The molecule has 0 saturated carbocycles. The second kappa shape index (κ2) is 12.6. The van der Waals surface area contributed by atoms with Gasteiger partial charge in [0.1, 0.15) is 17.5 Å². The van der Waals surface area contributed by atoms with Crippen LogP contribution in [-0.2, 0) is 9.47 Å². The summed E-state index contributed by atoms with van der Waals surface area (Å²) < 4.78 is 21.5. The van der Waals surface area contributed by atoms with Gasteiger partial charge >= 0.3 is 18.1 Å². The summed E-state index contributed by atoms with van der Waals surface area (Å²) in [6.07, 6.45) is 0.321. The van der Waals surface area contributed by atoms with Crippen molar-refractivity contribution >= 4 is 23.8 Å². The topological polar surface area (TPSA) is 128 Å². The maximum Gasteiger partial charge on any atom is 0.410 e. The van der Waals surface area contributed by atoms with E-state index >= 15 is 0 Å². The van der Waals surface area contributed by atoms with Gasteiger partial charge in [-0.3, -0.25) is 0 Å². The number of amides is 3. The van der Waals surface area contributed by atoms with Crippen molar-refractivity contribution in [1.82, 2.24) is 15.2 Å². The number of hydrogen-bond donors (Lipinski definition) is 2. The van der Waals surface area contributed by atoms with Crippen LogP contribution in [0.15, 0.2) is 66.9 Å². The lowest BCUT2D eigenvalue weighted by Crippen LogP contribution is -2.46. The van der Waals surface area contributed by atoms with E-state index in [1.807, 2.05) is 6.07 Å². The lowest BCUT2D eigenvalue weighted by Gasteiger charge is -2.24. The zero-order valence-electron chi connectivity index (χ0n) is 23.7. The van der Waals surface area contributed by atoms with Gasteiger partial charge in [-0.1, -0.05) is 12.1 Å². The Kier molecular flexibility index (Phi) is 8.96. The summed E-state index contributed by atoms with van der Waals surface area (Å²) in [5.74, 6) is 0.579. The number of esters is 1. The number of methoxy groups -OCH3 is 2. The van der Waals surface area contributed by atoms with Crippen molar-refractivity contribution < 1.29 is 33.3 Å². The molecule has 1 aliphatic rings. The molecule has 41 heavy (non-hydrogen) atoms. The average molecular weight is 563 g/mol. The van der Waals surface area contributed by atoms with Crippen LogP contribution in [-0.4, -0.2) is 73.0 Å².